The number of hydrogen-bond donors (Lipinski definition) is 2. The lowest BCUT2D eigenvalue weighted by Gasteiger charge is -2.50. The van der Waals surface area contributed by atoms with Crippen molar-refractivity contribution in [3.05, 3.63) is 57.0 Å². The predicted octanol–water partition coefficient (Wildman–Crippen LogP) is 2.45. The number of non-ortho nitro benzene ring substituents is 1. The largest absolute Gasteiger partial charge is 0.457 e. The first-order chi connectivity index (χ1) is 23.1. The molecule has 3 aliphatic heterocycles. The van der Waals surface area contributed by atoms with Crippen LogP contribution in [0.15, 0.2) is 40.7 Å². The third kappa shape index (κ3) is 8.00. The monoisotopic (exact) mass is 717 g/mol. The molecule has 1 aromatic heterocycles. The van der Waals surface area contributed by atoms with Gasteiger partial charge in [-0.25, -0.2) is 9.59 Å². The number of anilines is 1. The van der Waals surface area contributed by atoms with E-state index in [0.29, 0.717) is 29.9 Å². The molecular weight excluding hydrogens is 683 g/mol. The third-order valence-corrected chi connectivity index (χ3v) is 9.28. The van der Waals surface area contributed by atoms with E-state index in [4.69, 9.17) is 24.8 Å². The van der Waals surface area contributed by atoms with E-state index in [1.165, 1.54) is 54.8 Å². The minimum atomic E-state index is -1.62. The fraction of sp³-hybridized carbons (Fsp3) is 0.500. The standard InChI is InChI=1S/C30H35N7O10S2/c1-29(2,3)46-27(41)30(4,5)47-34-19(22-33-28(31)49-35-22)23(38)32-20-24(39)36-21(17(14-48-25(20)36)18-7-6-12-44-18)26(40)45-13-15-8-10-16(11-9-15)37(42)43/h8-11,18,20,25H,6-7,12-14H2,1-5H3,(H,32,38)(H2,31,33,35)/b34-19-/t18-,20+,25+/m0/s1. The summed E-state index contributed by atoms with van der Waals surface area (Å²) in [5.74, 6) is -2.83. The van der Waals surface area contributed by atoms with E-state index in [2.05, 4.69) is 19.8 Å². The number of thioether (sulfide) groups is 1. The molecule has 3 aliphatic rings. The zero-order valence-electron chi connectivity index (χ0n) is 27.3. The summed E-state index contributed by atoms with van der Waals surface area (Å²) in [4.78, 5) is 74.8. The molecule has 0 unspecified atom stereocenters. The van der Waals surface area contributed by atoms with Gasteiger partial charge in [0.1, 0.15) is 29.3 Å². The number of carbonyl (C=O) groups excluding carboxylic acids is 4. The van der Waals surface area contributed by atoms with Crippen LogP contribution >= 0.6 is 23.3 Å². The van der Waals surface area contributed by atoms with E-state index in [9.17, 15) is 29.3 Å². The van der Waals surface area contributed by atoms with Crippen LogP contribution < -0.4 is 11.1 Å². The average molecular weight is 718 g/mol. The molecule has 2 fully saturated rings. The highest BCUT2D eigenvalue weighted by Gasteiger charge is 2.55. The molecule has 2 saturated heterocycles. The van der Waals surface area contributed by atoms with Gasteiger partial charge in [0, 0.05) is 36.0 Å². The average Bonchev–Trinajstić information content (AvgIpc) is 3.73. The number of carbonyl (C=O) groups is 4. The number of nitrogen functional groups attached to an aromatic ring is 1. The molecule has 19 heteroatoms. The molecular formula is C30H35N7O10S2. The molecule has 17 nitrogen and oxygen atoms in total. The second-order valence-corrected chi connectivity index (χ2v) is 14.6. The highest BCUT2D eigenvalue weighted by atomic mass is 32.2. The Morgan fingerprint density at radius 1 is 1.20 bits per heavy atom. The number of amides is 2. The normalized spacial score (nSPS) is 21.1. The molecule has 49 heavy (non-hydrogen) atoms. The van der Waals surface area contributed by atoms with Crippen LogP contribution in [0.3, 0.4) is 0 Å². The first kappa shape index (κ1) is 35.7. The summed E-state index contributed by atoms with van der Waals surface area (Å²) < 4.78 is 20.9. The number of oxime groups is 1. The number of aromatic nitrogens is 2. The van der Waals surface area contributed by atoms with E-state index < -0.39 is 57.0 Å². The first-order valence-electron chi connectivity index (χ1n) is 15.2. The smallest absolute Gasteiger partial charge is 0.355 e. The molecule has 4 heterocycles. The SMILES string of the molecule is CC(C)(C)OC(=O)C(C)(C)O/N=C(\C(=O)N[C@@H]1C(=O)N2C(C(=O)OCc3ccc([N+](=O)[O-])cc3)=C([C@@H]3CCCO3)CS[C@H]12)c1nsc(N)n1. The van der Waals surface area contributed by atoms with Crippen LogP contribution in [0.5, 0.6) is 0 Å². The number of nitrogens with one attached hydrogen (secondary N) is 1. The van der Waals surface area contributed by atoms with Crippen LogP contribution in [0.4, 0.5) is 10.8 Å². The van der Waals surface area contributed by atoms with Crippen molar-refractivity contribution in [2.45, 2.75) is 82.8 Å². The molecule has 0 saturated carbocycles. The topological polar surface area (TPSA) is 228 Å². The van der Waals surface area contributed by atoms with Crippen LogP contribution in [0.2, 0.25) is 0 Å². The number of esters is 2. The van der Waals surface area contributed by atoms with E-state index in [0.717, 1.165) is 18.0 Å². The number of benzene rings is 1. The minimum Gasteiger partial charge on any atom is -0.457 e. The van der Waals surface area contributed by atoms with Gasteiger partial charge in [0.2, 0.25) is 17.1 Å². The van der Waals surface area contributed by atoms with E-state index in [-0.39, 0.29) is 35.1 Å². The van der Waals surface area contributed by atoms with E-state index in [1.54, 1.807) is 20.8 Å². The Morgan fingerprint density at radius 2 is 1.92 bits per heavy atom. The number of nitrogens with two attached hydrogens (primary N) is 1. The van der Waals surface area contributed by atoms with Gasteiger partial charge in [0.05, 0.1) is 11.0 Å². The van der Waals surface area contributed by atoms with Gasteiger partial charge < -0.3 is 30.1 Å². The third-order valence-electron chi connectivity index (χ3n) is 7.44. The van der Waals surface area contributed by atoms with Gasteiger partial charge in [-0.3, -0.25) is 24.6 Å². The molecule has 5 rings (SSSR count). The molecule has 1 aromatic carbocycles. The number of fused-ring (bicyclic) bond motifs is 1. The van der Waals surface area contributed by atoms with Gasteiger partial charge in [-0.1, -0.05) is 5.16 Å². The number of nitro benzene ring substituents is 1. The van der Waals surface area contributed by atoms with Crippen LogP contribution in [-0.4, -0.2) is 89.7 Å². The lowest BCUT2D eigenvalue weighted by molar-refractivity contribution is -0.384. The Bertz CT molecular complexity index is 1710. The second-order valence-electron chi connectivity index (χ2n) is 12.7. The van der Waals surface area contributed by atoms with Crippen molar-refractivity contribution in [2.24, 2.45) is 5.16 Å². The summed E-state index contributed by atoms with van der Waals surface area (Å²) in [6, 6.07) is 4.47. The second kappa shape index (κ2) is 14.1. The number of ether oxygens (including phenoxy) is 3. The summed E-state index contributed by atoms with van der Waals surface area (Å²) in [6.07, 6.45) is 1.05. The van der Waals surface area contributed by atoms with E-state index in [1.807, 2.05) is 0 Å². The molecule has 0 radical (unpaired) electrons. The van der Waals surface area contributed by atoms with Gasteiger partial charge in [0.15, 0.2) is 5.13 Å². The fourth-order valence-electron chi connectivity index (χ4n) is 4.98. The number of nitrogens with zero attached hydrogens (tertiary/aromatic N) is 5. The zero-order chi connectivity index (χ0) is 35.7. The summed E-state index contributed by atoms with van der Waals surface area (Å²) >= 11 is 2.15. The maximum Gasteiger partial charge on any atom is 0.355 e. The summed E-state index contributed by atoms with van der Waals surface area (Å²) in [5.41, 5.74) is 3.94. The molecule has 0 spiro atoms. The van der Waals surface area contributed by atoms with Crippen molar-refractivity contribution in [2.75, 3.05) is 18.1 Å². The van der Waals surface area contributed by atoms with Gasteiger partial charge in [0.25, 0.3) is 17.5 Å². The molecule has 3 atom stereocenters. The zero-order valence-corrected chi connectivity index (χ0v) is 28.9. The Balaban J connectivity index is 1.34. The fourth-order valence-corrected chi connectivity index (χ4v) is 6.83. The van der Waals surface area contributed by atoms with Crippen LogP contribution in [0.1, 0.15) is 58.8 Å². The Kier molecular flexibility index (Phi) is 10.3. The summed E-state index contributed by atoms with van der Waals surface area (Å²) in [5, 5.41) is 16.9. The van der Waals surface area contributed by atoms with Crippen molar-refractivity contribution >= 4 is 63.6 Å². The lowest BCUT2D eigenvalue weighted by Crippen LogP contribution is -2.71. The van der Waals surface area contributed by atoms with Crippen molar-refractivity contribution < 1.29 is 43.1 Å². The molecule has 2 amide bonds. The number of rotatable bonds is 11. The highest BCUT2D eigenvalue weighted by molar-refractivity contribution is 8.00. The Labute approximate surface area is 288 Å². The minimum absolute atomic E-state index is 0.0401. The quantitative estimate of drug-likeness (QED) is 0.112. The van der Waals surface area contributed by atoms with E-state index >= 15 is 0 Å². The first-order valence-corrected chi connectivity index (χ1v) is 17.0. The van der Waals surface area contributed by atoms with Gasteiger partial charge in [-0.15, -0.1) is 11.8 Å². The maximum atomic E-state index is 13.7. The molecule has 0 bridgehead atoms. The molecule has 2 aromatic rings. The molecule has 3 N–H and O–H groups in total. The Morgan fingerprint density at radius 3 is 2.51 bits per heavy atom. The van der Waals surface area contributed by atoms with Gasteiger partial charge in [-0.05, 0) is 70.7 Å². The molecule has 262 valence electrons. The maximum absolute atomic E-state index is 13.7. The lowest BCUT2D eigenvalue weighted by atomic mass is 9.99. The van der Waals surface area contributed by atoms with Crippen LogP contribution in [-0.2, 0) is 44.8 Å². The summed E-state index contributed by atoms with van der Waals surface area (Å²) in [7, 11) is 0. The predicted molar refractivity (Wildman–Crippen MR) is 176 cm³/mol. The number of hydrogen-bond acceptors (Lipinski definition) is 16. The summed E-state index contributed by atoms with van der Waals surface area (Å²) in [6.45, 7) is 8.21. The van der Waals surface area contributed by atoms with Crippen LogP contribution in [0.25, 0.3) is 0 Å². The Hall–Kier alpha value is -4.62. The molecule has 0 aliphatic carbocycles. The van der Waals surface area contributed by atoms with Gasteiger partial charge in [-0.2, -0.15) is 9.36 Å². The highest BCUT2D eigenvalue weighted by Crippen LogP contribution is 2.43. The number of β-lactam (4-membered cyclic amide) rings is 1. The number of nitro groups is 1. The van der Waals surface area contributed by atoms with Crippen molar-refractivity contribution in [3.8, 4) is 0 Å². The van der Waals surface area contributed by atoms with Crippen molar-refractivity contribution in [1.82, 2.24) is 19.6 Å². The van der Waals surface area contributed by atoms with Crippen molar-refractivity contribution in [1.29, 1.82) is 0 Å². The van der Waals surface area contributed by atoms with Crippen LogP contribution in [0, 0.1) is 10.1 Å². The van der Waals surface area contributed by atoms with Crippen molar-refractivity contribution in [3.63, 3.8) is 0 Å². The van der Waals surface area contributed by atoms with Gasteiger partial charge >= 0.3 is 11.9 Å².